The number of aromatic nitrogens is 3. The molecule has 8 heteroatoms. The van der Waals surface area contributed by atoms with Gasteiger partial charge in [0, 0.05) is 31.8 Å². The lowest BCUT2D eigenvalue weighted by Gasteiger charge is -2.15. The highest BCUT2D eigenvalue weighted by atomic mass is 35.5. The molecule has 1 unspecified atom stereocenters. The molecule has 1 atom stereocenters. The van der Waals surface area contributed by atoms with E-state index in [9.17, 15) is 0 Å². The molecule has 3 rings (SSSR count). The molecule has 7 nitrogen and oxygen atoms in total. The van der Waals surface area contributed by atoms with Gasteiger partial charge in [-0.3, -0.25) is 0 Å². The van der Waals surface area contributed by atoms with E-state index >= 15 is 0 Å². The maximum atomic E-state index is 5.94. The van der Waals surface area contributed by atoms with Gasteiger partial charge in [0.2, 0.25) is 0 Å². The van der Waals surface area contributed by atoms with Crippen molar-refractivity contribution in [2.24, 2.45) is 12.0 Å². The van der Waals surface area contributed by atoms with Crippen LogP contribution in [0.4, 0.5) is 0 Å². The topological polar surface area (TPSA) is 76.4 Å². The Labute approximate surface area is 165 Å². The van der Waals surface area contributed by atoms with Crippen LogP contribution in [-0.2, 0) is 24.8 Å². The lowest BCUT2D eigenvalue weighted by molar-refractivity contribution is 0.114. The molecule has 0 radical (unpaired) electrons. The second-order valence-electron chi connectivity index (χ2n) is 6.71. The van der Waals surface area contributed by atoms with Gasteiger partial charge in [0.05, 0.1) is 6.10 Å². The molecule has 1 aromatic carbocycles. The van der Waals surface area contributed by atoms with Gasteiger partial charge in [-0.2, -0.15) is 0 Å². The van der Waals surface area contributed by atoms with Crippen molar-refractivity contribution in [3.05, 3.63) is 46.5 Å². The number of nitrogens with one attached hydrogen (secondary N) is 2. The van der Waals surface area contributed by atoms with E-state index in [1.165, 1.54) is 5.56 Å². The summed E-state index contributed by atoms with van der Waals surface area (Å²) in [6, 6.07) is 7.92. The van der Waals surface area contributed by atoms with Gasteiger partial charge in [0.15, 0.2) is 11.8 Å². The van der Waals surface area contributed by atoms with Crippen molar-refractivity contribution >= 4 is 17.6 Å². The van der Waals surface area contributed by atoms with Crippen LogP contribution in [-0.4, -0.2) is 46.5 Å². The van der Waals surface area contributed by atoms with Crippen molar-refractivity contribution in [3.8, 4) is 0 Å². The summed E-state index contributed by atoms with van der Waals surface area (Å²) in [4.78, 5) is 4.67. The molecule has 2 aromatic rings. The molecule has 1 aliphatic heterocycles. The minimum absolute atomic E-state index is 0.255. The third kappa shape index (κ3) is 5.94. The Morgan fingerprint density at radius 3 is 2.78 bits per heavy atom. The van der Waals surface area contributed by atoms with Crippen LogP contribution in [0.3, 0.4) is 0 Å². The molecule has 1 saturated heterocycles. The minimum Gasteiger partial charge on any atom is -0.376 e. The Balaban J connectivity index is 1.56. The molecule has 0 bridgehead atoms. The largest absolute Gasteiger partial charge is 0.376 e. The molecular weight excluding hydrogens is 364 g/mol. The highest BCUT2D eigenvalue weighted by Gasteiger charge is 2.15. The zero-order valence-electron chi connectivity index (χ0n) is 15.9. The quantitative estimate of drug-likeness (QED) is 0.560. The second kappa shape index (κ2) is 9.71. The Morgan fingerprint density at radius 1 is 1.30 bits per heavy atom. The Morgan fingerprint density at radius 2 is 2.11 bits per heavy atom. The fourth-order valence-corrected chi connectivity index (χ4v) is 3.03. The predicted octanol–water partition coefficient (Wildman–Crippen LogP) is 2.23. The zero-order valence-corrected chi connectivity index (χ0v) is 16.7. The molecule has 0 aliphatic carbocycles. The van der Waals surface area contributed by atoms with E-state index in [1.807, 2.05) is 42.8 Å². The predicted molar refractivity (Wildman–Crippen MR) is 107 cm³/mol. The Bertz CT molecular complexity index is 752. The number of guanidine groups is 1. The van der Waals surface area contributed by atoms with E-state index in [0.29, 0.717) is 6.54 Å². The molecule has 1 fully saturated rings. The van der Waals surface area contributed by atoms with Crippen molar-refractivity contribution in [2.45, 2.75) is 38.8 Å². The van der Waals surface area contributed by atoms with E-state index in [2.05, 4.69) is 25.8 Å². The van der Waals surface area contributed by atoms with Crippen LogP contribution in [0.15, 0.2) is 29.3 Å². The number of ether oxygens (including phenoxy) is 1. The van der Waals surface area contributed by atoms with Gasteiger partial charge in [-0.25, -0.2) is 4.99 Å². The van der Waals surface area contributed by atoms with Gasteiger partial charge in [0.1, 0.15) is 12.4 Å². The highest BCUT2D eigenvalue weighted by Crippen LogP contribution is 2.11. The van der Waals surface area contributed by atoms with Crippen LogP contribution < -0.4 is 10.6 Å². The van der Waals surface area contributed by atoms with Crippen molar-refractivity contribution in [2.75, 3.05) is 19.7 Å². The summed E-state index contributed by atoms with van der Waals surface area (Å²) in [6.45, 7) is 4.78. The first-order valence-corrected chi connectivity index (χ1v) is 9.72. The van der Waals surface area contributed by atoms with E-state index in [0.717, 1.165) is 61.6 Å². The van der Waals surface area contributed by atoms with Crippen molar-refractivity contribution in [1.82, 2.24) is 25.4 Å². The van der Waals surface area contributed by atoms with Crippen molar-refractivity contribution < 1.29 is 4.74 Å². The molecule has 0 saturated carbocycles. The van der Waals surface area contributed by atoms with E-state index in [-0.39, 0.29) is 6.10 Å². The number of aryl methyl sites for hydroxylation is 1. The number of hydrogen-bond donors (Lipinski definition) is 2. The number of nitrogens with zero attached hydrogens (tertiary/aromatic N) is 4. The first kappa shape index (κ1) is 19.6. The maximum Gasteiger partial charge on any atom is 0.191 e. The van der Waals surface area contributed by atoms with Crippen LogP contribution in [0.2, 0.25) is 5.02 Å². The lowest BCUT2D eigenvalue weighted by atomic mass is 10.1. The average molecular weight is 391 g/mol. The third-order valence-corrected chi connectivity index (χ3v) is 4.95. The van der Waals surface area contributed by atoms with Crippen molar-refractivity contribution in [1.29, 1.82) is 0 Å². The summed E-state index contributed by atoms with van der Waals surface area (Å²) in [6.07, 6.45) is 3.36. The van der Waals surface area contributed by atoms with Crippen LogP contribution in [0.1, 0.15) is 30.1 Å². The molecule has 2 N–H and O–H groups in total. The zero-order chi connectivity index (χ0) is 19.1. The molecule has 146 valence electrons. The summed E-state index contributed by atoms with van der Waals surface area (Å²) >= 11 is 5.94. The minimum atomic E-state index is 0.255. The van der Waals surface area contributed by atoms with E-state index < -0.39 is 0 Å². The van der Waals surface area contributed by atoms with Gasteiger partial charge < -0.3 is 19.9 Å². The molecular formula is C19H27ClN6O. The van der Waals surface area contributed by atoms with E-state index in [1.54, 1.807) is 0 Å². The molecule has 27 heavy (non-hydrogen) atoms. The van der Waals surface area contributed by atoms with Gasteiger partial charge >= 0.3 is 0 Å². The van der Waals surface area contributed by atoms with Crippen LogP contribution >= 0.6 is 11.6 Å². The Hall–Kier alpha value is -2.12. The summed E-state index contributed by atoms with van der Waals surface area (Å²) in [7, 11) is 1.95. The summed E-state index contributed by atoms with van der Waals surface area (Å²) in [5.74, 6) is 2.48. The normalized spacial score (nSPS) is 17.3. The number of benzene rings is 1. The lowest BCUT2D eigenvalue weighted by Crippen LogP contribution is -2.42. The molecule has 1 aromatic heterocycles. The number of rotatable bonds is 7. The van der Waals surface area contributed by atoms with Gasteiger partial charge in [-0.05, 0) is 43.9 Å². The Kier molecular flexibility index (Phi) is 7.06. The van der Waals surface area contributed by atoms with E-state index in [4.69, 9.17) is 16.3 Å². The third-order valence-electron chi connectivity index (χ3n) is 4.70. The number of halogens is 1. The van der Waals surface area contributed by atoms with Gasteiger partial charge in [-0.15, -0.1) is 10.2 Å². The monoisotopic (exact) mass is 390 g/mol. The fourth-order valence-electron chi connectivity index (χ4n) is 2.90. The number of hydrogen-bond acceptors (Lipinski definition) is 4. The summed E-state index contributed by atoms with van der Waals surface area (Å²) in [5, 5.41) is 15.8. The standard InChI is InChI=1S/C19H27ClN6O/c1-14-24-25-18(26(14)2)13-23-19(22-12-17-4-3-11-27-17)21-10-9-15-5-7-16(20)8-6-15/h5-8,17H,3-4,9-13H2,1-2H3,(H2,21,22,23). The molecule has 0 spiro atoms. The van der Waals surface area contributed by atoms with Crippen molar-refractivity contribution in [3.63, 3.8) is 0 Å². The smallest absolute Gasteiger partial charge is 0.191 e. The number of aliphatic imine (C=N–C) groups is 1. The maximum absolute atomic E-state index is 5.94. The fraction of sp³-hybridized carbons (Fsp3) is 0.526. The molecule has 2 heterocycles. The SMILES string of the molecule is Cc1nnc(CN=C(NCCc2ccc(Cl)cc2)NCC2CCCO2)n1C. The summed E-state index contributed by atoms with van der Waals surface area (Å²) in [5.41, 5.74) is 1.23. The van der Waals surface area contributed by atoms with Gasteiger partial charge in [0.25, 0.3) is 0 Å². The summed E-state index contributed by atoms with van der Waals surface area (Å²) < 4.78 is 7.64. The molecule has 1 aliphatic rings. The second-order valence-corrected chi connectivity index (χ2v) is 7.14. The van der Waals surface area contributed by atoms with Crippen LogP contribution in [0.5, 0.6) is 0 Å². The molecule has 0 amide bonds. The first-order valence-electron chi connectivity index (χ1n) is 9.35. The van der Waals surface area contributed by atoms with Gasteiger partial charge in [-0.1, -0.05) is 23.7 Å². The first-order chi connectivity index (χ1) is 13.1. The van der Waals surface area contributed by atoms with Crippen LogP contribution in [0, 0.1) is 6.92 Å². The van der Waals surface area contributed by atoms with Crippen LogP contribution in [0.25, 0.3) is 0 Å². The average Bonchev–Trinajstić information content (AvgIpc) is 3.30. The highest BCUT2D eigenvalue weighted by molar-refractivity contribution is 6.30.